The molecule has 18 heavy (non-hydrogen) atoms. The molecule has 3 nitrogen and oxygen atoms in total. The zero-order valence-electron chi connectivity index (χ0n) is 10.4. The number of rotatable bonds is 5. The molecule has 1 aromatic carbocycles. The summed E-state index contributed by atoms with van der Waals surface area (Å²) in [6.07, 6.45) is 1.92. The zero-order chi connectivity index (χ0) is 13.9. The third-order valence-corrected chi connectivity index (χ3v) is 6.34. The molecule has 1 unspecified atom stereocenters. The summed E-state index contributed by atoms with van der Waals surface area (Å²) in [4.78, 5) is 0.0827. The Morgan fingerprint density at radius 2 is 2.11 bits per heavy atom. The van der Waals surface area contributed by atoms with Crippen molar-refractivity contribution in [3.8, 4) is 0 Å². The van der Waals surface area contributed by atoms with Crippen LogP contribution in [0, 0.1) is 5.82 Å². The van der Waals surface area contributed by atoms with Gasteiger partial charge in [0.15, 0.2) is 0 Å². The topological polar surface area (TPSA) is 37.4 Å². The minimum absolute atomic E-state index is 0.0827. The SMILES string of the molecule is CSCC(C)N(C)S(=O)(=O)c1ccc(F)cc1Br. The average Bonchev–Trinajstić information content (AvgIpc) is 2.27. The molecule has 0 radical (unpaired) electrons. The molecule has 1 atom stereocenters. The first-order valence-electron chi connectivity index (χ1n) is 5.22. The highest BCUT2D eigenvalue weighted by molar-refractivity contribution is 9.10. The van der Waals surface area contributed by atoms with E-state index in [1.165, 1.54) is 17.4 Å². The number of benzene rings is 1. The number of thioether (sulfide) groups is 1. The van der Waals surface area contributed by atoms with Crippen LogP contribution in [0.1, 0.15) is 6.92 Å². The van der Waals surface area contributed by atoms with Crippen molar-refractivity contribution in [2.24, 2.45) is 0 Å². The van der Waals surface area contributed by atoms with E-state index in [9.17, 15) is 12.8 Å². The standard InChI is InChI=1S/C11H15BrFNO2S2/c1-8(7-17-3)14(2)18(15,16)11-5-4-9(13)6-10(11)12/h4-6,8H,7H2,1-3H3. The van der Waals surface area contributed by atoms with Crippen LogP contribution >= 0.6 is 27.7 Å². The number of nitrogens with zero attached hydrogens (tertiary/aromatic N) is 1. The summed E-state index contributed by atoms with van der Waals surface area (Å²) in [7, 11) is -2.07. The van der Waals surface area contributed by atoms with Crippen molar-refractivity contribution in [2.75, 3.05) is 19.1 Å². The molecule has 0 bridgehead atoms. The highest BCUT2D eigenvalue weighted by Gasteiger charge is 2.27. The zero-order valence-corrected chi connectivity index (χ0v) is 13.6. The molecule has 7 heteroatoms. The smallest absolute Gasteiger partial charge is 0.207 e. The van der Waals surface area contributed by atoms with Crippen molar-refractivity contribution in [1.82, 2.24) is 4.31 Å². The Bertz CT molecular complexity index is 522. The maximum absolute atomic E-state index is 13.0. The third kappa shape index (κ3) is 3.46. The van der Waals surface area contributed by atoms with Gasteiger partial charge in [-0.3, -0.25) is 0 Å². The van der Waals surface area contributed by atoms with E-state index in [-0.39, 0.29) is 15.4 Å². The largest absolute Gasteiger partial charge is 0.244 e. The van der Waals surface area contributed by atoms with Gasteiger partial charge in [-0.25, -0.2) is 12.8 Å². The van der Waals surface area contributed by atoms with E-state index < -0.39 is 15.8 Å². The van der Waals surface area contributed by atoms with Gasteiger partial charge in [-0.15, -0.1) is 0 Å². The first kappa shape index (κ1) is 15.9. The maximum atomic E-state index is 13.0. The van der Waals surface area contributed by atoms with Crippen molar-refractivity contribution in [3.63, 3.8) is 0 Å². The van der Waals surface area contributed by atoms with Gasteiger partial charge >= 0.3 is 0 Å². The molecule has 0 spiro atoms. The fourth-order valence-electron chi connectivity index (χ4n) is 1.42. The molecule has 102 valence electrons. The molecule has 1 rings (SSSR count). The minimum Gasteiger partial charge on any atom is -0.207 e. The van der Waals surface area contributed by atoms with Gasteiger partial charge in [0, 0.05) is 23.3 Å². The second kappa shape index (κ2) is 6.36. The molecule has 0 aliphatic rings. The van der Waals surface area contributed by atoms with Crippen LogP contribution in [0.15, 0.2) is 27.6 Å². The van der Waals surface area contributed by atoms with E-state index in [4.69, 9.17) is 0 Å². The van der Waals surface area contributed by atoms with Gasteiger partial charge in [-0.1, -0.05) is 0 Å². The maximum Gasteiger partial charge on any atom is 0.244 e. The predicted octanol–water partition coefficient (Wildman–Crippen LogP) is 2.96. The van der Waals surface area contributed by atoms with Crippen molar-refractivity contribution < 1.29 is 12.8 Å². The molecule has 1 aromatic rings. The van der Waals surface area contributed by atoms with E-state index in [1.54, 1.807) is 11.8 Å². The van der Waals surface area contributed by atoms with Crippen LogP contribution in [-0.4, -0.2) is 37.8 Å². The second-order valence-corrected chi connectivity index (χ2v) is 7.63. The number of halogens is 2. The van der Waals surface area contributed by atoms with Crippen LogP contribution in [0.25, 0.3) is 0 Å². The van der Waals surface area contributed by atoms with Gasteiger partial charge in [0.2, 0.25) is 10.0 Å². The summed E-state index contributed by atoms with van der Waals surface area (Å²) in [5.41, 5.74) is 0. The van der Waals surface area contributed by atoms with Gasteiger partial charge in [0.05, 0.1) is 4.90 Å². The van der Waals surface area contributed by atoms with E-state index in [0.29, 0.717) is 5.75 Å². The van der Waals surface area contributed by atoms with Crippen molar-refractivity contribution >= 4 is 37.7 Å². The molecular formula is C11H15BrFNO2S2. The van der Waals surface area contributed by atoms with E-state index in [2.05, 4.69) is 15.9 Å². The highest BCUT2D eigenvalue weighted by Crippen LogP contribution is 2.26. The predicted molar refractivity (Wildman–Crippen MR) is 76.9 cm³/mol. The van der Waals surface area contributed by atoms with E-state index >= 15 is 0 Å². The Balaban J connectivity index is 3.13. The number of sulfonamides is 1. The molecule has 0 aliphatic carbocycles. The summed E-state index contributed by atoms with van der Waals surface area (Å²) in [5.74, 6) is 0.231. The van der Waals surface area contributed by atoms with Crippen molar-refractivity contribution in [1.29, 1.82) is 0 Å². The van der Waals surface area contributed by atoms with Crippen LogP contribution in [-0.2, 0) is 10.0 Å². The summed E-state index contributed by atoms with van der Waals surface area (Å²) in [5, 5.41) is 0. The second-order valence-electron chi connectivity index (χ2n) is 3.90. The Hall–Kier alpha value is -0.110. The quantitative estimate of drug-likeness (QED) is 0.814. The van der Waals surface area contributed by atoms with Crippen LogP contribution in [0.3, 0.4) is 0 Å². The fourth-order valence-corrected chi connectivity index (χ4v) is 4.59. The molecule has 0 saturated carbocycles. The van der Waals surface area contributed by atoms with Gasteiger partial charge in [-0.2, -0.15) is 16.1 Å². The lowest BCUT2D eigenvalue weighted by atomic mass is 10.3. The van der Waals surface area contributed by atoms with Gasteiger partial charge in [-0.05, 0) is 47.3 Å². The Kier molecular flexibility index (Phi) is 5.64. The van der Waals surface area contributed by atoms with E-state index in [0.717, 1.165) is 12.1 Å². The van der Waals surface area contributed by atoms with Crippen molar-refractivity contribution in [3.05, 3.63) is 28.5 Å². The first-order valence-corrected chi connectivity index (χ1v) is 8.85. The summed E-state index contributed by atoms with van der Waals surface area (Å²) >= 11 is 4.67. The Labute approximate surface area is 120 Å². The molecule has 0 N–H and O–H groups in total. The summed E-state index contributed by atoms with van der Waals surface area (Å²) in [6.45, 7) is 1.84. The molecule has 0 fully saturated rings. The molecule has 0 amide bonds. The lowest BCUT2D eigenvalue weighted by Crippen LogP contribution is -2.36. The van der Waals surface area contributed by atoms with Crippen LogP contribution < -0.4 is 0 Å². The monoisotopic (exact) mass is 355 g/mol. The van der Waals surface area contributed by atoms with Crippen LogP contribution in [0.2, 0.25) is 0 Å². The first-order chi connectivity index (χ1) is 8.30. The lowest BCUT2D eigenvalue weighted by Gasteiger charge is -2.24. The normalized spacial score (nSPS) is 13.9. The average molecular weight is 356 g/mol. The highest BCUT2D eigenvalue weighted by atomic mass is 79.9. The molecule has 0 aromatic heterocycles. The van der Waals surface area contributed by atoms with Gasteiger partial charge < -0.3 is 0 Å². The van der Waals surface area contributed by atoms with Crippen LogP contribution in [0.5, 0.6) is 0 Å². The van der Waals surface area contributed by atoms with Gasteiger partial charge in [0.1, 0.15) is 5.82 Å². The molecular weight excluding hydrogens is 341 g/mol. The lowest BCUT2D eigenvalue weighted by molar-refractivity contribution is 0.414. The Morgan fingerprint density at radius 1 is 1.50 bits per heavy atom. The van der Waals surface area contributed by atoms with Crippen LogP contribution in [0.4, 0.5) is 4.39 Å². The van der Waals surface area contributed by atoms with Crippen molar-refractivity contribution in [2.45, 2.75) is 17.9 Å². The molecule has 0 aliphatic heterocycles. The number of hydrogen-bond acceptors (Lipinski definition) is 3. The van der Waals surface area contributed by atoms with Gasteiger partial charge in [0.25, 0.3) is 0 Å². The molecule has 0 heterocycles. The third-order valence-electron chi connectivity index (χ3n) is 2.58. The summed E-state index contributed by atoms with van der Waals surface area (Å²) in [6, 6.07) is 3.45. The number of hydrogen-bond donors (Lipinski definition) is 0. The van der Waals surface area contributed by atoms with E-state index in [1.807, 2.05) is 13.2 Å². The summed E-state index contributed by atoms with van der Waals surface area (Å²) < 4.78 is 39.2. The fraction of sp³-hybridized carbons (Fsp3) is 0.455. The minimum atomic E-state index is -3.60. The Morgan fingerprint density at radius 3 is 2.61 bits per heavy atom. The molecule has 0 saturated heterocycles.